The molecule has 0 amide bonds. The van der Waals surface area contributed by atoms with Gasteiger partial charge in [-0.15, -0.1) is 21.5 Å². The summed E-state index contributed by atoms with van der Waals surface area (Å²) in [6.07, 6.45) is 2.71. The predicted molar refractivity (Wildman–Crippen MR) is 107 cm³/mol. The molecule has 31 heavy (non-hydrogen) atoms. The Kier molecular flexibility index (Phi) is 4.52. The van der Waals surface area contributed by atoms with Gasteiger partial charge in [-0.1, -0.05) is 0 Å². The molecule has 2 aromatic carbocycles. The lowest BCUT2D eigenvalue weighted by Gasteiger charge is -2.26. The number of aryl methyl sites for hydroxylation is 1. The minimum atomic E-state index is -1.90. The van der Waals surface area contributed by atoms with Crippen LogP contribution in [0.25, 0.3) is 21.6 Å². The van der Waals surface area contributed by atoms with E-state index in [1.54, 1.807) is 19.2 Å². The maximum atomic E-state index is 14.7. The van der Waals surface area contributed by atoms with Gasteiger partial charge in [0.05, 0.1) is 23.8 Å². The van der Waals surface area contributed by atoms with Crippen LogP contribution in [0.3, 0.4) is 0 Å². The van der Waals surface area contributed by atoms with Crippen LogP contribution in [-0.2, 0) is 19.2 Å². The van der Waals surface area contributed by atoms with E-state index in [-0.39, 0.29) is 17.1 Å². The minimum Gasteiger partial charge on any atom is -0.376 e. The molecule has 1 N–H and O–H groups in total. The third-order valence-corrected chi connectivity index (χ3v) is 5.91. The topological polar surface area (TPSA) is 107 Å². The molecule has 0 aliphatic carbocycles. The Morgan fingerprint density at radius 1 is 1.16 bits per heavy atom. The number of aromatic nitrogens is 8. The molecule has 0 saturated heterocycles. The Morgan fingerprint density at radius 3 is 2.74 bits per heavy atom. The van der Waals surface area contributed by atoms with Gasteiger partial charge < -0.3 is 5.11 Å². The van der Waals surface area contributed by atoms with Crippen molar-refractivity contribution in [2.75, 3.05) is 0 Å². The fourth-order valence-corrected chi connectivity index (χ4v) is 4.38. The van der Waals surface area contributed by atoms with Crippen LogP contribution in [0.4, 0.5) is 8.78 Å². The summed E-state index contributed by atoms with van der Waals surface area (Å²) in [5, 5.41) is 27.9. The van der Waals surface area contributed by atoms with Crippen molar-refractivity contribution in [2.24, 2.45) is 7.05 Å². The Balaban J connectivity index is 1.64. The van der Waals surface area contributed by atoms with Gasteiger partial charge in [-0.3, -0.25) is 0 Å². The maximum Gasteiger partial charge on any atom is 0.204 e. The highest BCUT2D eigenvalue weighted by Crippen LogP contribution is 2.38. The summed E-state index contributed by atoms with van der Waals surface area (Å²) in [6, 6.07) is 8.41. The van der Waals surface area contributed by atoms with Crippen molar-refractivity contribution in [1.82, 2.24) is 40.0 Å². The molecule has 0 bridgehead atoms. The van der Waals surface area contributed by atoms with E-state index in [2.05, 4.69) is 30.5 Å². The number of halogens is 2. The van der Waals surface area contributed by atoms with Crippen molar-refractivity contribution in [3.05, 3.63) is 71.3 Å². The minimum absolute atomic E-state index is 0.112. The zero-order valence-electron chi connectivity index (χ0n) is 16.0. The van der Waals surface area contributed by atoms with Crippen LogP contribution < -0.4 is 0 Å². The molecule has 9 nitrogen and oxygen atoms in total. The first-order valence-corrected chi connectivity index (χ1v) is 9.90. The third kappa shape index (κ3) is 3.45. The predicted octanol–water partition coefficient (Wildman–Crippen LogP) is 2.29. The molecule has 3 aromatic heterocycles. The summed E-state index contributed by atoms with van der Waals surface area (Å²) >= 11 is 1.18. The number of hydrogen-bond donors (Lipinski definition) is 1. The summed E-state index contributed by atoms with van der Waals surface area (Å²) in [5.41, 5.74) is -0.685. The second kappa shape index (κ2) is 7.25. The molecule has 3 heterocycles. The number of benzene rings is 2. The van der Waals surface area contributed by atoms with Gasteiger partial charge in [-0.25, -0.2) is 23.4 Å². The van der Waals surface area contributed by atoms with Crippen LogP contribution in [0.15, 0.2) is 49.1 Å². The van der Waals surface area contributed by atoms with Gasteiger partial charge in [-0.2, -0.15) is 9.90 Å². The molecule has 0 fully saturated rings. The fourth-order valence-electron chi connectivity index (χ4n) is 3.28. The molecule has 0 aliphatic rings. The lowest BCUT2D eigenvalue weighted by Crippen LogP contribution is -2.34. The van der Waals surface area contributed by atoms with E-state index in [4.69, 9.17) is 0 Å². The normalized spacial score (nSPS) is 13.5. The molecule has 0 saturated carbocycles. The van der Waals surface area contributed by atoms with E-state index in [0.29, 0.717) is 11.3 Å². The standard InChI is InChI=1S/C19H14F2N8OS/c1-28-26-17(25-27-28)11-2-5-15-16(6-11)31-18(24-15)19(30,8-29-10-22-9-23-29)13-4-3-12(20)7-14(13)21/h2-7,9-10,30H,8H2,1H3. The van der Waals surface area contributed by atoms with Gasteiger partial charge in [0.1, 0.15) is 29.3 Å². The molecule has 5 aromatic rings. The molecular weight excluding hydrogens is 426 g/mol. The second-order valence-electron chi connectivity index (χ2n) is 6.88. The maximum absolute atomic E-state index is 14.7. The monoisotopic (exact) mass is 440 g/mol. The average molecular weight is 440 g/mol. The molecule has 5 rings (SSSR count). The number of thiazole rings is 1. The van der Waals surface area contributed by atoms with Crippen LogP contribution in [0.1, 0.15) is 10.6 Å². The smallest absolute Gasteiger partial charge is 0.204 e. The quantitative estimate of drug-likeness (QED) is 0.447. The van der Waals surface area contributed by atoms with Crippen LogP contribution in [0.2, 0.25) is 0 Å². The molecular formula is C19H14F2N8OS. The van der Waals surface area contributed by atoms with Gasteiger partial charge in [-0.05, 0) is 35.5 Å². The van der Waals surface area contributed by atoms with Gasteiger partial charge >= 0.3 is 0 Å². The highest BCUT2D eigenvalue weighted by molar-refractivity contribution is 7.18. The summed E-state index contributed by atoms with van der Waals surface area (Å²) in [4.78, 5) is 9.75. The van der Waals surface area contributed by atoms with Crippen molar-refractivity contribution >= 4 is 21.6 Å². The SMILES string of the molecule is Cn1nnc(-c2ccc3nc(C(O)(Cn4cncn4)c4ccc(F)cc4F)sc3c2)n1. The van der Waals surface area contributed by atoms with E-state index in [9.17, 15) is 13.9 Å². The number of rotatable bonds is 5. The lowest BCUT2D eigenvalue weighted by molar-refractivity contribution is 0.0534. The summed E-state index contributed by atoms with van der Waals surface area (Å²) in [6.45, 7) is -0.159. The number of fused-ring (bicyclic) bond motifs is 1. The van der Waals surface area contributed by atoms with E-state index >= 15 is 0 Å². The first-order valence-electron chi connectivity index (χ1n) is 9.08. The average Bonchev–Trinajstić information content (AvgIpc) is 3.47. The fraction of sp³-hybridized carbons (Fsp3) is 0.158. The van der Waals surface area contributed by atoms with Gasteiger partial charge in [0.2, 0.25) is 5.82 Å². The largest absolute Gasteiger partial charge is 0.376 e. The molecule has 0 radical (unpaired) electrons. The van der Waals surface area contributed by atoms with Gasteiger partial charge in [0, 0.05) is 17.2 Å². The van der Waals surface area contributed by atoms with Crippen molar-refractivity contribution < 1.29 is 13.9 Å². The van der Waals surface area contributed by atoms with Crippen LogP contribution in [0, 0.1) is 11.6 Å². The van der Waals surface area contributed by atoms with Crippen molar-refractivity contribution in [2.45, 2.75) is 12.1 Å². The molecule has 1 atom stereocenters. The van der Waals surface area contributed by atoms with Crippen molar-refractivity contribution in [3.63, 3.8) is 0 Å². The summed E-state index contributed by atoms with van der Waals surface area (Å²) in [7, 11) is 1.67. The van der Waals surface area contributed by atoms with E-state index < -0.39 is 17.2 Å². The zero-order chi connectivity index (χ0) is 21.6. The zero-order valence-corrected chi connectivity index (χ0v) is 16.8. The van der Waals surface area contributed by atoms with Gasteiger partial charge in [0.25, 0.3) is 0 Å². The number of aliphatic hydroxyl groups is 1. The molecule has 0 aliphatic heterocycles. The first kappa shape index (κ1) is 19.3. The molecule has 156 valence electrons. The number of hydrogen-bond acceptors (Lipinski definition) is 8. The van der Waals surface area contributed by atoms with E-state index in [0.717, 1.165) is 22.4 Å². The first-order chi connectivity index (χ1) is 14.9. The third-order valence-electron chi connectivity index (χ3n) is 4.74. The van der Waals surface area contributed by atoms with E-state index in [1.165, 1.54) is 39.5 Å². The highest BCUT2D eigenvalue weighted by Gasteiger charge is 2.38. The number of nitrogens with zero attached hydrogens (tertiary/aromatic N) is 8. The Bertz CT molecular complexity index is 1380. The van der Waals surface area contributed by atoms with Crippen molar-refractivity contribution in [3.8, 4) is 11.4 Å². The second-order valence-corrected chi connectivity index (χ2v) is 7.91. The Morgan fingerprint density at radius 2 is 2.03 bits per heavy atom. The van der Waals surface area contributed by atoms with Crippen LogP contribution in [0.5, 0.6) is 0 Å². The van der Waals surface area contributed by atoms with E-state index in [1.807, 2.05) is 6.07 Å². The Hall–Kier alpha value is -3.64. The highest BCUT2D eigenvalue weighted by atomic mass is 32.1. The molecule has 1 unspecified atom stereocenters. The van der Waals surface area contributed by atoms with Gasteiger partial charge in [0.15, 0.2) is 5.60 Å². The van der Waals surface area contributed by atoms with Crippen LogP contribution in [-0.4, -0.2) is 45.1 Å². The Labute approximate surface area is 177 Å². The lowest BCUT2D eigenvalue weighted by atomic mass is 9.93. The van der Waals surface area contributed by atoms with Crippen LogP contribution >= 0.6 is 11.3 Å². The summed E-state index contributed by atoms with van der Waals surface area (Å²) in [5.74, 6) is -1.18. The molecule has 12 heteroatoms. The van der Waals surface area contributed by atoms with Crippen molar-refractivity contribution in [1.29, 1.82) is 0 Å². The molecule has 0 spiro atoms. The number of tetrazole rings is 1. The summed E-state index contributed by atoms with van der Waals surface area (Å²) < 4.78 is 30.3.